The van der Waals surface area contributed by atoms with E-state index in [0.29, 0.717) is 6.61 Å². The van der Waals surface area contributed by atoms with Gasteiger partial charge in [-0.2, -0.15) is 0 Å². The maximum Gasteiger partial charge on any atom is 0.353 e. The second-order valence-electron chi connectivity index (χ2n) is 4.54. The summed E-state index contributed by atoms with van der Waals surface area (Å²) >= 11 is 6.27. The van der Waals surface area contributed by atoms with Crippen LogP contribution in [0.5, 0.6) is 0 Å². The summed E-state index contributed by atoms with van der Waals surface area (Å²) in [5.74, 6) is 0. The fourth-order valence-corrected chi connectivity index (χ4v) is 6.27. The Morgan fingerprint density at radius 3 is 2.65 bits per heavy atom. The van der Waals surface area contributed by atoms with Gasteiger partial charge in [-0.15, -0.1) is 0 Å². The monoisotopic (exact) mass is 331 g/mol. The predicted octanol–water partition coefficient (Wildman–Crippen LogP) is 4.77. The first-order valence-electron chi connectivity index (χ1n) is 6.67. The van der Waals surface area contributed by atoms with E-state index in [-0.39, 0.29) is 5.25 Å². The van der Waals surface area contributed by atoms with Crippen LogP contribution in [0.25, 0.3) is 0 Å². The van der Waals surface area contributed by atoms with Gasteiger partial charge < -0.3 is 4.52 Å². The number of nitrogens with zero attached hydrogens (tertiary/aromatic N) is 1. The molecule has 1 aromatic carbocycles. The van der Waals surface area contributed by atoms with Gasteiger partial charge in [0.2, 0.25) is 0 Å². The molecular weight excluding hydrogens is 309 g/mol. The topological polar surface area (TPSA) is 29.5 Å². The second-order valence-corrected chi connectivity index (χ2v) is 9.61. The van der Waals surface area contributed by atoms with Crippen molar-refractivity contribution in [3.63, 3.8) is 0 Å². The van der Waals surface area contributed by atoms with Crippen LogP contribution in [0.3, 0.4) is 0 Å². The Morgan fingerprint density at radius 1 is 1.45 bits per heavy atom. The first-order valence-corrected chi connectivity index (χ1v) is 10.2. The van der Waals surface area contributed by atoms with Crippen molar-refractivity contribution in [2.45, 2.75) is 31.9 Å². The van der Waals surface area contributed by atoms with Crippen LogP contribution in [-0.2, 0) is 15.5 Å². The predicted molar refractivity (Wildman–Crippen MR) is 92.5 cm³/mol. The molecule has 0 aliphatic rings. The van der Waals surface area contributed by atoms with Crippen LogP contribution in [0.1, 0.15) is 25.8 Å². The average molecular weight is 331 g/mol. The zero-order valence-electron chi connectivity index (χ0n) is 12.2. The largest absolute Gasteiger partial charge is 0.353 e. The molecule has 0 N–H and O–H groups in total. The molecule has 2 atom stereocenters. The Morgan fingerprint density at radius 2 is 2.10 bits per heavy atom. The van der Waals surface area contributed by atoms with Gasteiger partial charge in [0.15, 0.2) is 0 Å². The first kappa shape index (κ1) is 17.7. The van der Waals surface area contributed by atoms with Crippen LogP contribution in [0.2, 0.25) is 0 Å². The van der Waals surface area contributed by atoms with Crippen molar-refractivity contribution >= 4 is 35.8 Å². The summed E-state index contributed by atoms with van der Waals surface area (Å²) in [7, 11) is 1.71. The van der Waals surface area contributed by atoms with E-state index in [1.807, 2.05) is 30.3 Å². The molecule has 112 valence electrons. The molecule has 0 aliphatic heterocycles. The van der Waals surface area contributed by atoms with Gasteiger partial charge in [0.1, 0.15) is 0 Å². The summed E-state index contributed by atoms with van der Waals surface area (Å²) in [5.41, 5.74) is 2.58. The molecule has 0 aromatic heterocycles. The minimum atomic E-state index is -2.93. The molecule has 0 amide bonds. The summed E-state index contributed by atoms with van der Waals surface area (Å²) in [6.45, 7) is 1.62. The van der Waals surface area contributed by atoms with Crippen LogP contribution in [0, 0.1) is 0 Å². The molecule has 3 nitrogen and oxygen atoms in total. The minimum absolute atomic E-state index is 0.273. The SMILES string of the molecule is CCC(C)SP(=O)(OCCc1ccccc1)N(C)C=S. The molecule has 1 rings (SSSR count). The molecule has 0 radical (unpaired) electrons. The fraction of sp³-hybridized carbons (Fsp3) is 0.500. The van der Waals surface area contributed by atoms with Gasteiger partial charge in [-0.05, 0) is 29.8 Å². The highest BCUT2D eigenvalue weighted by Crippen LogP contribution is 2.63. The third-order valence-corrected chi connectivity index (χ3v) is 8.71. The molecule has 0 heterocycles. The molecule has 0 saturated carbocycles. The van der Waals surface area contributed by atoms with E-state index in [0.717, 1.165) is 12.8 Å². The summed E-state index contributed by atoms with van der Waals surface area (Å²) in [5, 5.41) is 0.273. The Kier molecular flexibility index (Phi) is 7.82. The molecule has 0 aliphatic carbocycles. The third kappa shape index (κ3) is 5.57. The zero-order valence-corrected chi connectivity index (χ0v) is 14.7. The Hall–Kier alpha value is -0.350. The van der Waals surface area contributed by atoms with Gasteiger partial charge in [0, 0.05) is 12.3 Å². The van der Waals surface area contributed by atoms with Crippen molar-refractivity contribution in [1.82, 2.24) is 4.67 Å². The van der Waals surface area contributed by atoms with Crippen LogP contribution < -0.4 is 0 Å². The smallest absolute Gasteiger partial charge is 0.305 e. The van der Waals surface area contributed by atoms with Gasteiger partial charge in [-0.25, -0.2) is 0 Å². The molecule has 0 saturated heterocycles. The van der Waals surface area contributed by atoms with E-state index in [2.05, 4.69) is 13.8 Å². The van der Waals surface area contributed by atoms with Crippen molar-refractivity contribution in [2.24, 2.45) is 0 Å². The van der Waals surface area contributed by atoms with Crippen molar-refractivity contribution in [3.8, 4) is 0 Å². The van der Waals surface area contributed by atoms with E-state index in [9.17, 15) is 4.57 Å². The summed E-state index contributed by atoms with van der Waals surface area (Å²) in [4.78, 5) is 0. The van der Waals surface area contributed by atoms with Gasteiger partial charge in [-0.3, -0.25) is 9.24 Å². The second kappa shape index (κ2) is 8.83. The molecule has 0 bridgehead atoms. The number of hydrogen-bond donors (Lipinski definition) is 0. The van der Waals surface area contributed by atoms with Crippen LogP contribution in [-0.4, -0.2) is 29.1 Å². The van der Waals surface area contributed by atoms with Crippen LogP contribution in [0.15, 0.2) is 30.3 Å². The number of hydrogen-bond acceptors (Lipinski definition) is 4. The van der Waals surface area contributed by atoms with Gasteiger partial charge in [0.05, 0.1) is 12.1 Å². The lowest BCUT2D eigenvalue weighted by Crippen LogP contribution is -2.14. The van der Waals surface area contributed by atoms with Gasteiger partial charge in [-0.1, -0.05) is 56.4 Å². The van der Waals surface area contributed by atoms with Gasteiger partial charge >= 0.3 is 6.72 Å². The lowest BCUT2D eigenvalue weighted by atomic mass is 10.2. The van der Waals surface area contributed by atoms with E-state index < -0.39 is 6.72 Å². The van der Waals surface area contributed by atoms with Crippen molar-refractivity contribution in [2.75, 3.05) is 13.7 Å². The fourth-order valence-electron chi connectivity index (χ4n) is 1.48. The van der Waals surface area contributed by atoms with E-state index in [4.69, 9.17) is 16.7 Å². The number of benzene rings is 1. The molecule has 2 unspecified atom stereocenters. The maximum atomic E-state index is 12.9. The van der Waals surface area contributed by atoms with E-state index >= 15 is 0 Å². The Labute approximate surface area is 131 Å². The molecule has 20 heavy (non-hydrogen) atoms. The highest BCUT2D eigenvalue weighted by Gasteiger charge is 2.30. The summed E-state index contributed by atoms with van der Waals surface area (Å²) in [6, 6.07) is 10.0. The quantitative estimate of drug-likeness (QED) is 0.480. The third-order valence-electron chi connectivity index (χ3n) is 2.91. The zero-order chi connectivity index (χ0) is 15.0. The molecule has 1 aromatic rings. The van der Waals surface area contributed by atoms with Gasteiger partial charge in [0.25, 0.3) is 0 Å². The highest BCUT2D eigenvalue weighted by molar-refractivity contribution is 8.56. The van der Waals surface area contributed by atoms with Crippen molar-refractivity contribution < 1.29 is 9.09 Å². The van der Waals surface area contributed by atoms with Crippen molar-refractivity contribution in [3.05, 3.63) is 35.9 Å². The lowest BCUT2D eigenvalue weighted by molar-refractivity contribution is 0.310. The molecule has 0 fully saturated rings. The van der Waals surface area contributed by atoms with Crippen molar-refractivity contribution in [1.29, 1.82) is 0 Å². The summed E-state index contributed by atoms with van der Waals surface area (Å²) in [6.07, 6.45) is 1.69. The van der Waals surface area contributed by atoms with E-state index in [1.54, 1.807) is 7.05 Å². The van der Waals surface area contributed by atoms with Crippen LogP contribution >= 0.6 is 30.3 Å². The standard InChI is InChI=1S/C14H22NO2PS2/c1-4-13(2)20-18(16,15(3)12-19)17-11-10-14-8-6-5-7-9-14/h5-9,12-13H,4,10-11H2,1-3H3. The van der Waals surface area contributed by atoms with E-state index in [1.165, 1.54) is 27.1 Å². The minimum Gasteiger partial charge on any atom is -0.305 e. The summed E-state index contributed by atoms with van der Waals surface area (Å²) < 4.78 is 20.1. The number of thiocarbonyl (C=S) groups is 1. The Balaban J connectivity index is 2.61. The maximum absolute atomic E-state index is 12.9. The molecule has 0 spiro atoms. The van der Waals surface area contributed by atoms with Crippen LogP contribution in [0.4, 0.5) is 0 Å². The highest BCUT2D eigenvalue weighted by atomic mass is 32.7. The molecular formula is C14H22NO2PS2. The Bertz CT molecular complexity index is 456. The average Bonchev–Trinajstić information content (AvgIpc) is 2.47. The molecule has 6 heteroatoms. The lowest BCUT2D eigenvalue weighted by Gasteiger charge is -2.27. The first-order chi connectivity index (χ1) is 9.51. The normalized spacial score (nSPS) is 15.3. The number of rotatable bonds is 9.